The molecule has 0 aromatic heterocycles. The van der Waals surface area contributed by atoms with Crippen LogP contribution in [-0.2, 0) is 0 Å². The van der Waals surface area contributed by atoms with Gasteiger partial charge in [-0.3, -0.25) is 0 Å². The van der Waals surface area contributed by atoms with Crippen molar-refractivity contribution in [1.29, 1.82) is 0 Å². The number of allylic oxidation sites excluding steroid dienone is 3. The highest BCUT2D eigenvalue weighted by atomic mass is 19.3. The zero-order valence-corrected chi connectivity index (χ0v) is 18.9. The number of alkyl halides is 2. The number of ether oxygens (including phenoxy) is 1. The molecule has 0 saturated heterocycles. The molecule has 3 aromatic carbocycles. The molecule has 3 aromatic rings. The lowest BCUT2D eigenvalue weighted by Crippen LogP contribution is -2.29. The molecule has 3 rings (SSSR count). The van der Waals surface area contributed by atoms with Crippen molar-refractivity contribution in [2.75, 3.05) is 0 Å². The zero-order chi connectivity index (χ0) is 26.6. The topological polar surface area (TPSA) is 9.23 Å². The fourth-order valence-corrected chi connectivity index (χ4v) is 3.16. The van der Waals surface area contributed by atoms with Crippen LogP contribution in [0.4, 0.5) is 35.1 Å². The van der Waals surface area contributed by atoms with Crippen LogP contribution in [0.25, 0.3) is 17.2 Å². The van der Waals surface area contributed by atoms with Gasteiger partial charge in [0, 0.05) is 17.7 Å². The monoisotopic (exact) mass is 510 g/mol. The van der Waals surface area contributed by atoms with E-state index >= 15 is 0 Å². The second kappa shape index (κ2) is 10.8. The van der Waals surface area contributed by atoms with Gasteiger partial charge in [-0.05, 0) is 43.2 Å². The largest absolute Gasteiger partial charge is 0.432 e. The molecular weight excluding hydrogens is 492 g/mol. The molecular formula is C27H18F8O. The maximum absolute atomic E-state index is 14.7. The van der Waals surface area contributed by atoms with E-state index in [1.54, 1.807) is 12.1 Å². The fraction of sp³-hybridized carbons (Fsp3) is 0.111. The third-order valence-electron chi connectivity index (χ3n) is 5.02. The Morgan fingerprint density at radius 3 is 1.94 bits per heavy atom. The van der Waals surface area contributed by atoms with E-state index in [0.29, 0.717) is 23.3 Å². The van der Waals surface area contributed by atoms with Gasteiger partial charge in [-0.2, -0.15) is 8.78 Å². The maximum atomic E-state index is 14.7. The molecule has 188 valence electrons. The van der Waals surface area contributed by atoms with Crippen LogP contribution >= 0.6 is 0 Å². The van der Waals surface area contributed by atoms with Gasteiger partial charge in [-0.25, -0.2) is 26.3 Å². The zero-order valence-electron chi connectivity index (χ0n) is 18.9. The van der Waals surface area contributed by atoms with Gasteiger partial charge in [-0.15, -0.1) is 0 Å². The van der Waals surface area contributed by atoms with Gasteiger partial charge in [0.2, 0.25) is 0 Å². The van der Waals surface area contributed by atoms with E-state index < -0.39 is 52.4 Å². The van der Waals surface area contributed by atoms with Crippen LogP contribution in [-0.4, -0.2) is 6.11 Å². The van der Waals surface area contributed by atoms with Crippen molar-refractivity contribution in [3.63, 3.8) is 0 Å². The Morgan fingerprint density at radius 1 is 0.806 bits per heavy atom. The molecule has 0 N–H and O–H groups in total. The summed E-state index contributed by atoms with van der Waals surface area (Å²) < 4.78 is 117. The van der Waals surface area contributed by atoms with Gasteiger partial charge in [0.1, 0.15) is 28.8 Å². The average molecular weight is 510 g/mol. The van der Waals surface area contributed by atoms with Gasteiger partial charge in [0.25, 0.3) is 0 Å². The molecule has 0 bridgehead atoms. The van der Waals surface area contributed by atoms with Crippen LogP contribution in [0.5, 0.6) is 5.75 Å². The van der Waals surface area contributed by atoms with E-state index in [9.17, 15) is 35.1 Å². The van der Waals surface area contributed by atoms with Gasteiger partial charge in [-0.1, -0.05) is 48.0 Å². The van der Waals surface area contributed by atoms with Crippen LogP contribution in [0.1, 0.15) is 18.1 Å². The second-order valence-corrected chi connectivity index (χ2v) is 7.61. The molecule has 9 heteroatoms. The highest BCUT2D eigenvalue weighted by Gasteiger charge is 2.43. The Hall–Kier alpha value is -3.88. The molecule has 36 heavy (non-hydrogen) atoms. The van der Waals surface area contributed by atoms with Gasteiger partial charge < -0.3 is 4.74 Å². The van der Waals surface area contributed by atoms with E-state index in [0.717, 1.165) is 24.6 Å². The van der Waals surface area contributed by atoms with Gasteiger partial charge in [0.15, 0.2) is 17.5 Å². The molecule has 0 aliphatic rings. The fourth-order valence-electron chi connectivity index (χ4n) is 3.16. The van der Waals surface area contributed by atoms with Crippen molar-refractivity contribution >= 4 is 6.08 Å². The Morgan fingerprint density at radius 2 is 1.39 bits per heavy atom. The minimum Gasteiger partial charge on any atom is -0.429 e. The molecule has 0 aliphatic carbocycles. The number of halogens is 8. The first kappa shape index (κ1) is 26.7. The first-order valence-electron chi connectivity index (χ1n) is 10.4. The highest BCUT2D eigenvalue weighted by molar-refractivity contribution is 5.67. The lowest BCUT2D eigenvalue weighted by molar-refractivity contribution is -0.143. The molecule has 1 nitrogen and oxygen atoms in total. The SMILES string of the molecule is C\C=C(F)/C(=C(F)\C=C\c1ccc(-c2ccc(C)cc2)cc1F)C(F)(F)Oc1cc(F)c(F)c(F)c1. The molecule has 0 unspecified atom stereocenters. The predicted molar refractivity (Wildman–Crippen MR) is 120 cm³/mol. The van der Waals surface area contributed by atoms with Crippen molar-refractivity contribution in [3.05, 3.63) is 118 Å². The van der Waals surface area contributed by atoms with E-state index in [-0.39, 0.29) is 17.7 Å². The van der Waals surface area contributed by atoms with Crippen molar-refractivity contribution in [3.8, 4) is 16.9 Å². The molecule has 0 heterocycles. The van der Waals surface area contributed by atoms with Crippen LogP contribution in [0.15, 0.2) is 84.0 Å². The molecule has 0 saturated carbocycles. The van der Waals surface area contributed by atoms with Crippen LogP contribution in [0.3, 0.4) is 0 Å². The maximum Gasteiger partial charge on any atom is 0.432 e. The van der Waals surface area contributed by atoms with Crippen molar-refractivity contribution in [1.82, 2.24) is 0 Å². The lowest BCUT2D eigenvalue weighted by atomic mass is 10.0. The Bertz CT molecular complexity index is 1330. The molecule has 0 aliphatic heterocycles. The number of hydrogen-bond acceptors (Lipinski definition) is 1. The first-order chi connectivity index (χ1) is 16.9. The van der Waals surface area contributed by atoms with Gasteiger partial charge >= 0.3 is 6.11 Å². The summed E-state index contributed by atoms with van der Waals surface area (Å²) >= 11 is 0. The molecule has 0 atom stereocenters. The summed E-state index contributed by atoms with van der Waals surface area (Å²) in [6.07, 6.45) is -3.08. The van der Waals surface area contributed by atoms with Crippen LogP contribution < -0.4 is 4.74 Å². The smallest absolute Gasteiger partial charge is 0.429 e. The normalized spacial score (nSPS) is 13.2. The number of aryl methyl sites for hydroxylation is 1. The summed E-state index contributed by atoms with van der Waals surface area (Å²) in [4.78, 5) is 0. The summed E-state index contributed by atoms with van der Waals surface area (Å²) in [7, 11) is 0. The summed E-state index contributed by atoms with van der Waals surface area (Å²) in [5, 5.41) is 0. The number of benzene rings is 3. The van der Waals surface area contributed by atoms with Crippen molar-refractivity contribution < 1.29 is 39.9 Å². The third kappa shape index (κ3) is 6.02. The van der Waals surface area contributed by atoms with E-state index in [1.807, 2.05) is 19.1 Å². The molecule has 0 spiro atoms. The third-order valence-corrected chi connectivity index (χ3v) is 5.02. The van der Waals surface area contributed by atoms with Crippen molar-refractivity contribution in [2.45, 2.75) is 20.0 Å². The molecule has 0 amide bonds. The van der Waals surface area contributed by atoms with Gasteiger partial charge in [0.05, 0.1) is 0 Å². The Balaban J connectivity index is 1.94. The summed E-state index contributed by atoms with van der Waals surface area (Å²) in [6, 6.07) is 11.4. The molecule has 0 fully saturated rings. The van der Waals surface area contributed by atoms with Crippen molar-refractivity contribution in [2.24, 2.45) is 0 Å². The van der Waals surface area contributed by atoms with Crippen LogP contribution in [0.2, 0.25) is 0 Å². The summed E-state index contributed by atoms with van der Waals surface area (Å²) in [5.41, 5.74) is 0.126. The lowest BCUT2D eigenvalue weighted by Gasteiger charge is -2.20. The number of hydrogen-bond donors (Lipinski definition) is 0. The Labute approximate surface area is 201 Å². The highest BCUT2D eigenvalue weighted by Crippen LogP contribution is 2.37. The minimum atomic E-state index is -4.78. The quantitative estimate of drug-likeness (QED) is 0.175. The Kier molecular flexibility index (Phi) is 8.02. The first-order valence-corrected chi connectivity index (χ1v) is 10.4. The second-order valence-electron chi connectivity index (χ2n) is 7.61. The summed E-state index contributed by atoms with van der Waals surface area (Å²) in [6.45, 7) is 2.87. The summed E-state index contributed by atoms with van der Waals surface area (Å²) in [5.74, 6) is -11.2. The predicted octanol–water partition coefficient (Wildman–Crippen LogP) is 9.00. The van der Waals surface area contributed by atoms with Crippen LogP contribution in [0, 0.1) is 30.2 Å². The standard InChI is InChI=1S/C27H18F8O/c1-3-20(28)25(27(34,35)36-19-13-23(31)26(33)24(32)14-19)21(29)11-10-17-8-9-18(12-22(17)30)16-6-4-15(2)5-7-16/h3-14H,1-2H3/b11-10+,20-3+,25-21-. The number of rotatable bonds is 7. The van der Waals surface area contributed by atoms with E-state index in [2.05, 4.69) is 4.74 Å². The van der Waals surface area contributed by atoms with E-state index in [4.69, 9.17) is 0 Å². The average Bonchev–Trinajstić information content (AvgIpc) is 2.81. The van der Waals surface area contributed by atoms with E-state index in [1.165, 1.54) is 12.1 Å². The molecule has 0 radical (unpaired) electrons. The minimum absolute atomic E-state index is 0.0935.